The Bertz CT molecular complexity index is 422. The molecular weight excluding hydrogens is 225 g/mol. The number of rotatable bonds is 5. The van der Waals surface area contributed by atoms with E-state index in [9.17, 15) is 9.18 Å². The summed E-state index contributed by atoms with van der Waals surface area (Å²) >= 11 is 0. The van der Waals surface area contributed by atoms with Crippen LogP contribution in [0.1, 0.15) is 12.5 Å². The molecule has 0 spiro atoms. The van der Waals surface area contributed by atoms with E-state index in [-0.39, 0.29) is 12.3 Å². The van der Waals surface area contributed by atoms with Gasteiger partial charge in [0.05, 0.1) is 12.3 Å². The summed E-state index contributed by atoms with van der Waals surface area (Å²) in [5, 5.41) is 11.8. The number of nitrogens with one attached hydrogen (secondary N) is 1. The van der Waals surface area contributed by atoms with Gasteiger partial charge in [0.15, 0.2) is 5.54 Å². The predicted molar refractivity (Wildman–Crippen MR) is 62.7 cm³/mol. The highest BCUT2D eigenvalue weighted by molar-refractivity contribution is 5.82. The van der Waals surface area contributed by atoms with Gasteiger partial charge in [0, 0.05) is 7.11 Å². The smallest absolute Gasteiger partial charge is 0.331 e. The van der Waals surface area contributed by atoms with Crippen LogP contribution in [0.5, 0.6) is 0 Å². The number of anilines is 1. The number of hydrogen-bond acceptors (Lipinski definition) is 3. The number of ether oxygens (including phenoxy) is 1. The van der Waals surface area contributed by atoms with Crippen LogP contribution in [-0.4, -0.2) is 30.3 Å². The van der Waals surface area contributed by atoms with Crippen LogP contribution in [0.4, 0.5) is 10.1 Å². The third-order valence-corrected chi connectivity index (χ3v) is 2.44. The van der Waals surface area contributed by atoms with E-state index in [2.05, 4.69) is 5.32 Å². The van der Waals surface area contributed by atoms with Crippen molar-refractivity contribution < 1.29 is 19.0 Å². The minimum Gasteiger partial charge on any atom is -0.479 e. The Labute approximate surface area is 99.4 Å². The third kappa shape index (κ3) is 3.17. The topological polar surface area (TPSA) is 58.6 Å². The zero-order valence-electron chi connectivity index (χ0n) is 10.1. The molecule has 4 nitrogen and oxygen atoms in total. The highest BCUT2D eigenvalue weighted by Crippen LogP contribution is 2.21. The maximum atomic E-state index is 13.5. The largest absolute Gasteiger partial charge is 0.479 e. The first-order valence-corrected chi connectivity index (χ1v) is 5.16. The van der Waals surface area contributed by atoms with Crippen LogP contribution in [0.25, 0.3) is 0 Å². The molecule has 0 aliphatic rings. The van der Waals surface area contributed by atoms with Crippen molar-refractivity contribution in [3.05, 3.63) is 29.6 Å². The van der Waals surface area contributed by atoms with E-state index in [0.29, 0.717) is 0 Å². The summed E-state index contributed by atoms with van der Waals surface area (Å²) in [7, 11) is 1.40. The summed E-state index contributed by atoms with van der Waals surface area (Å²) in [6.45, 7) is 3.19. The van der Waals surface area contributed by atoms with Crippen molar-refractivity contribution in [2.45, 2.75) is 19.4 Å². The molecule has 5 heteroatoms. The van der Waals surface area contributed by atoms with Gasteiger partial charge in [-0.1, -0.05) is 6.07 Å². The molecule has 17 heavy (non-hydrogen) atoms. The lowest BCUT2D eigenvalue weighted by Gasteiger charge is -2.26. The summed E-state index contributed by atoms with van der Waals surface area (Å²) in [6, 6.07) is 4.48. The molecule has 1 atom stereocenters. The van der Waals surface area contributed by atoms with Gasteiger partial charge in [-0.3, -0.25) is 0 Å². The Morgan fingerprint density at radius 2 is 2.24 bits per heavy atom. The highest BCUT2D eigenvalue weighted by atomic mass is 19.1. The highest BCUT2D eigenvalue weighted by Gasteiger charge is 2.33. The second-order valence-electron chi connectivity index (χ2n) is 4.18. The number of benzene rings is 1. The number of aliphatic carboxylic acids is 1. The summed E-state index contributed by atoms with van der Waals surface area (Å²) in [4.78, 5) is 11.1. The fourth-order valence-electron chi connectivity index (χ4n) is 1.47. The monoisotopic (exact) mass is 241 g/mol. The van der Waals surface area contributed by atoms with E-state index in [1.54, 1.807) is 19.1 Å². The van der Waals surface area contributed by atoms with E-state index in [0.717, 1.165) is 5.56 Å². The molecule has 94 valence electrons. The van der Waals surface area contributed by atoms with Crippen LogP contribution in [-0.2, 0) is 9.53 Å². The van der Waals surface area contributed by atoms with E-state index in [1.807, 2.05) is 0 Å². The van der Waals surface area contributed by atoms with Gasteiger partial charge in [0.25, 0.3) is 0 Å². The van der Waals surface area contributed by atoms with Gasteiger partial charge >= 0.3 is 5.97 Å². The maximum Gasteiger partial charge on any atom is 0.331 e. The number of hydrogen-bond donors (Lipinski definition) is 2. The fourth-order valence-corrected chi connectivity index (χ4v) is 1.47. The fraction of sp³-hybridized carbons (Fsp3) is 0.417. The molecule has 0 bridgehead atoms. The summed E-state index contributed by atoms with van der Waals surface area (Å²) in [5.41, 5.74) is -0.352. The van der Waals surface area contributed by atoms with Crippen LogP contribution in [0, 0.1) is 12.7 Å². The SMILES string of the molecule is COCC(C)(Nc1cc(C)ccc1F)C(=O)O. The Kier molecular flexibility index (Phi) is 4.07. The first kappa shape index (κ1) is 13.4. The Hall–Kier alpha value is -1.62. The van der Waals surface area contributed by atoms with Gasteiger partial charge in [0.2, 0.25) is 0 Å². The Morgan fingerprint density at radius 3 is 2.76 bits per heavy atom. The Morgan fingerprint density at radius 1 is 1.59 bits per heavy atom. The molecule has 1 aromatic rings. The summed E-state index contributed by atoms with van der Waals surface area (Å²) in [6.07, 6.45) is 0. The molecule has 0 radical (unpaired) electrons. The molecule has 0 saturated carbocycles. The molecule has 0 amide bonds. The van der Waals surface area contributed by atoms with Crippen LogP contribution in [0.15, 0.2) is 18.2 Å². The second kappa shape index (κ2) is 5.14. The Balaban J connectivity index is 3.01. The van der Waals surface area contributed by atoms with E-state index in [1.165, 1.54) is 20.1 Å². The van der Waals surface area contributed by atoms with Gasteiger partial charge < -0.3 is 15.2 Å². The molecular formula is C12H16FNO3. The molecule has 0 fully saturated rings. The predicted octanol–water partition coefficient (Wildman–Crippen LogP) is 2.04. The average Bonchev–Trinajstić information content (AvgIpc) is 2.23. The van der Waals surface area contributed by atoms with Gasteiger partial charge in [-0.25, -0.2) is 9.18 Å². The van der Waals surface area contributed by atoms with Gasteiger partial charge in [-0.2, -0.15) is 0 Å². The molecule has 1 unspecified atom stereocenters. The third-order valence-electron chi connectivity index (χ3n) is 2.44. The summed E-state index contributed by atoms with van der Waals surface area (Å²) in [5.74, 6) is -1.58. The molecule has 0 aliphatic carbocycles. The average molecular weight is 241 g/mol. The van der Waals surface area contributed by atoms with Crippen LogP contribution in [0.2, 0.25) is 0 Å². The number of carbonyl (C=O) groups is 1. The van der Waals surface area contributed by atoms with Crippen molar-refractivity contribution in [3.8, 4) is 0 Å². The first-order chi connectivity index (χ1) is 7.89. The first-order valence-electron chi connectivity index (χ1n) is 5.16. The maximum absolute atomic E-state index is 13.5. The zero-order chi connectivity index (χ0) is 13.1. The van der Waals surface area contributed by atoms with E-state index in [4.69, 9.17) is 9.84 Å². The lowest BCUT2D eigenvalue weighted by Crippen LogP contribution is -2.47. The minimum atomic E-state index is -1.36. The van der Waals surface area contributed by atoms with Crippen molar-refractivity contribution in [2.75, 3.05) is 19.0 Å². The minimum absolute atomic E-state index is 0.0598. The van der Waals surface area contributed by atoms with Crippen LogP contribution in [0.3, 0.4) is 0 Å². The van der Waals surface area contributed by atoms with Crippen LogP contribution >= 0.6 is 0 Å². The van der Waals surface area contributed by atoms with Crippen molar-refractivity contribution in [3.63, 3.8) is 0 Å². The second-order valence-corrected chi connectivity index (χ2v) is 4.18. The van der Waals surface area contributed by atoms with Crippen LogP contribution < -0.4 is 5.32 Å². The van der Waals surface area contributed by atoms with Gasteiger partial charge in [-0.05, 0) is 31.5 Å². The zero-order valence-corrected chi connectivity index (χ0v) is 10.1. The van der Waals surface area contributed by atoms with E-state index < -0.39 is 17.3 Å². The van der Waals surface area contributed by atoms with Crippen molar-refractivity contribution in [2.24, 2.45) is 0 Å². The number of aryl methyl sites for hydroxylation is 1. The molecule has 0 aliphatic heterocycles. The lowest BCUT2D eigenvalue weighted by molar-refractivity contribution is -0.143. The molecule has 1 rings (SSSR count). The quantitative estimate of drug-likeness (QED) is 0.828. The molecule has 0 saturated heterocycles. The van der Waals surface area contributed by atoms with E-state index >= 15 is 0 Å². The van der Waals surface area contributed by atoms with Crippen molar-refractivity contribution in [1.29, 1.82) is 0 Å². The summed E-state index contributed by atoms with van der Waals surface area (Å²) < 4.78 is 18.4. The van der Waals surface area contributed by atoms with Crippen molar-refractivity contribution in [1.82, 2.24) is 0 Å². The van der Waals surface area contributed by atoms with Crippen molar-refractivity contribution >= 4 is 11.7 Å². The lowest BCUT2D eigenvalue weighted by atomic mass is 10.0. The molecule has 0 aromatic heterocycles. The number of carboxylic acids is 1. The molecule has 1 aromatic carbocycles. The molecule has 2 N–H and O–H groups in total. The number of halogens is 1. The number of methoxy groups -OCH3 is 1. The normalized spacial score (nSPS) is 14.1. The molecule has 0 heterocycles. The number of carboxylic acid groups (broad SMARTS) is 1. The standard InChI is InChI=1S/C12H16FNO3/c1-8-4-5-9(13)10(6-8)14-12(2,7-17-3)11(15)16/h4-6,14H,7H2,1-3H3,(H,15,16). The van der Waals surface area contributed by atoms with Gasteiger partial charge in [0.1, 0.15) is 5.82 Å². The van der Waals surface area contributed by atoms with Gasteiger partial charge in [-0.15, -0.1) is 0 Å².